The lowest BCUT2D eigenvalue weighted by atomic mass is 9.87. The number of rotatable bonds is 23. The van der Waals surface area contributed by atoms with Crippen LogP contribution < -0.4 is 16.4 Å². The molecule has 308 valence electrons. The van der Waals surface area contributed by atoms with Gasteiger partial charge in [0.1, 0.15) is 36.3 Å². The summed E-state index contributed by atoms with van der Waals surface area (Å²) in [5.74, 6) is -0.904. The van der Waals surface area contributed by atoms with E-state index in [0.29, 0.717) is 18.7 Å². The number of nitrogens with two attached hydrogens (primary N) is 1. The van der Waals surface area contributed by atoms with Gasteiger partial charge in [-0.05, 0) is 6.42 Å². The van der Waals surface area contributed by atoms with E-state index >= 15 is 0 Å². The third kappa shape index (κ3) is 14.1. The van der Waals surface area contributed by atoms with Crippen molar-refractivity contribution in [1.82, 2.24) is 30.2 Å². The predicted molar refractivity (Wildman–Crippen MR) is 188 cm³/mol. The van der Waals surface area contributed by atoms with Crippen LogP contribution in [0.2, 0.25) is 0 Å². The van der Waals surface area contributed by atoms with Gasteiger partial charge in [-0.3, -0.25) is 27.7 Å². The fourth-order valence-corrected chi connectivity index (χ4v) is 8.44. The van der Waals surface area contributed by atoms with Crippen molar-refractivity contribution in [1.29, 1.82) is 0 Å². The standard InChI is InChI=1S/C26H46N7O17P3S/c1-4-5-6-17(35)54-10-9-28-16(34)7-8-29-24(38)21(37)26(2,3)12-47-53(44,45)50-52(42,43)46-11-15-20(49-51(39,40)41)19(36)25(48-15)33-14-32-18-22(27)30-13-31-23(18)33/h13-15,17,19-21,25,35-37H,4-12H2,1-3H3,(H,28,34)(H,29,38)(H,42,43)(H,44,45)(H2,27,30,31)(H2,39,40,41)/t15-,17-,19-,20-,21+,25-/m1/s1. The molecule has 54 heavy (non-hydrogen) atoms. The highest BCUT2D eigenvalue weighted by atomic mass is 32.2. The maximum Gasteiger partial charge on any atom is 0.481 e. The lowest BCUT2D eigenvalue weighted by molar-refractivity contribution is -0.137. The summed E-state index contributed by atoms with van der Waals surface area (Å²) in [5.41, 5.74) is 3.76. The number of aromatic nitrogens is 4. The molecule has 2 unspecified atom stereocenters. The molecule has 2 amide bonds. The van der Waals surface area contributed by atoms with Gasteiger partial charge in [0.15, 0.2) is 17.7 Å². The molecule has 8 atom stereocenters. The van der Waals surface area contributed by atoms with Crippen LogP contribution in [0.15, 0.2) is 12.7 Å². The van der Waals surface area contributed by atoms with Crippen LogP contribution in [-0.4, -0.2) is 128 Å². The number of phosphoric acid groups is 3. The smallest absolute Gasteiger partial charge is 0.386 e. The minimum absolute atomic E-state index is 0.0340. The number of carbonyl (C=O) groups excluding carboxylic acids is 2. The van der Waals surface area contributed by atoms with Crippen LogP contribution in [0.3, 0.4) is 0 Å². The highest BCUT2D eigenvalue weighted by Gasteiger charge is 2.50. The third-order valence-corrected chi connectivity index (χ3v) is 11.8. The quantitative estimate of drug-likeness (QED) is 0.0388. The Labute approximate surface area is 313 Å². The zero-order chi connectivity index (χ0) is 40.5. The van der Waals surface area contributed by atoms with Crippen LogP contribution in [0.5, 0.6) is 0 Å². The number of hydrogen-bond acceptors (Lipinski definition) is 18. The lowest BCUT2D eigenvalue weighted by Crippen LogP contribution is -2.46. The number of aliphatic hydroxyl groups is 3. The van der Waals surface area contributed by atoms with Crippen molar-refractivity contribution in [2.75, 3.05) is 37.8 Å². The van der Waals surface area contributed by atoms with Gasteiger partial charge < -0.3 is 56.0 Å². The largest absolute Gasteiger partial charge is 0.481 e. The number of carbonyl (C=O) groups is 2. The van der Waals surface area contributed by atoms with Gasteiger partial charge in [0, 0.05) is 30.7 Å². The van der Waals surface area contributed by atoms with Crippen molar-refractivity contribution < 1.29 is 80.8 Å². The van der Waals surface area contributed by atoms with E-state index in [9.17, 15) is 58.2 Å². The number of fused-ring (bicyclic) bond motifs is 1. The summed E-state index contributed by atoms with van der Waals surface area (Å²) in [6, 6.07) is 0. The van der Waals surface area contributed by atoms with Gasteiger partial charge in [-0.25, -0.2) is 28.6 Å². The van der Waals surface area contributed by atoms with Gasteiger partial charge in [-0.2, -0.15) is 4.31 Å². The number of ether oxygens (including phenoxy) is 1. The minimum atomic E-state index is -5.56. The maximum absolute atomic E-state index is 12.7. The SMILES string of the molecule is CCCC[C@H](O)SCCNC(=O)CCNC(=O)[C@H](O)C(C)(C)COP(=O)(O)OP(=O)(O)OC[C@H]1O[C@@H](n2cnc3c(N)ncnc32)[C@H](O)[C@@H]1OP(=O)(O)O. The number of nitrogen functional groups attached to an aromatic ring is 1. The van der Waals surface area contributed by atoms with Gasteiger partial charge in [-0.1, -0.05) is 33.6 Å². The molecule has 1 aliphatic rings. The van der Waals surface area contributed by atoms with E-state index in [1.807, 2.05) is 6.92 Å². The van der Waals surface area contributed by atoms with Gasteiger partial charge in [0.2, 0.25) is 11.8 Å². The van der Waals surface area contributed by atoms with Crippen LogP contribution in [0.25, 0.3) is 11.2 Å². The van der Waals surface area contributed by atoms with Crippen LogP contribution in [0.4, 0.5) is 5.82 Å². The highest BCUT2D eigenvalue weighted by Crippen LogP contribution is 2.61. The number of hydrogen-bond donors (Lipinski definition) is 10. The molecule has 0 aromatic carbocycles. The molecule has 3 heterocycles. The molecule has 0 bridgehead atoms. The Morgan fingerprint density at radius 3 is 2.43 bits per heavy atom. The summed E-state index contributed by atoms with van der Waals surface area (Å²) in [6.07, 6.45) is -4.34. The first-order valence-corrected chi connectivity index (χ1v) is 21.8. The number of anilines is 1. The van der Waals surface area contributed by atoms with Gasteiger partial charge in [0.05, 0.1) is 25.0 Å². The van der Waals surface area contributed by atoms with E-state index in [2.05, 4.69) is 34.4 Å². The van der Waals surface area contributed by atoms with Crippen molar-refractivity contribution in [3.05, 3.63) is 12.7 Å². The number of imidazole rings is 1. The fraction of sp³-hybridized carbons (Fsp3) is 0.731. The summed E-state index contributed by atoms with van der Waals surface area (Å²) < 4.78 is 62.0. The Morgan fingerprint density at radius 1 is 1.07 bits per heavy atom. The number of thioether (sulfide) groups is 1. The lowest BCUT2D eigenvalue weighted by Gasteiger charge is -2.30. The Bertz CT molecular complexity index is 1720. The summed E-state index contributed by atoms with van der Waals surface area (Å²) in [5, 5.41) is 36.2. The van der Waals surface area contributed by atoms with Crippen molar-refractivity contribution in [2.24, 2.45) is 5.41 Å². The van der Waals surface area contributed by atoms with Crippen LogP contribution in [0.1, 0.15) is 52.7 Å². The molecule has 2 aromatic rings. The molecule has 0 saturated carbocycles. The van der Waals surface area contributed by atoms with E-state index in [4.69, 9.17) is 19.5 Å². The highest BCUT2D eigenvalue weighted by molar-refractivity contribution is 7.99. The van der Waals surface area contributed by atoms with Crippen molar-refractivity contribution >= 4 is 64.0 Å². The maximum atomic E-state index is 12.7. The van der Waals surface area contributed by atoms with E-state index in [1.54, 1.807) is 0 Å². The van der Waals surface area contributed by atoms with Crippen molar-refractivity contribution in [3.63, 3.8) is 0 Å². The molecule has 24 nitrogen and oxygen atoms in total. The number of nitrogens with zero attached hydrogens (tertiary/aromatic N) is 4. The second-order valence-electron chi connectivity index (χ2n) is 12.5. The Hall–Kier alpha value is -2.15. The molecule has 1 fully saturated rings. The number of aliphatic hydroxyl groups excluding tert-OH is 3. The molecule has 1 aliphatic heterocycles. The van der Waals surface area contributed by atoms with E-state index < -0.39 is 90.0 Å². The second kappa shape index (κ2) is 19.8. The topological polar surface area (TPSA) is 367 Å². The van der Waals surface area contributed by atoms with E-state index in [-0.39, 0.29) is 29.9 Å². The minimum Gasteiger partial charge on any atom is -0.386 e. The first-order valence-electron chi connectivity index (χ1n) is 16.2. The predicted octanol–water partition coefficient (Wildman–Crippen LogP) is -0.353. The summed E-state index contributed by atoms with van der Waals surface area (Å²) in [6.45, 7) is 2.66. The van der Waals surface area contributed by atoms with Gasteiger partial charge in [0.25, 0.3) is 0 Å². The van der Waals surface area contributed by atoms with E-state index in [1.165, 1.54) is 25.6 Å². The van der Waals surface area contributed by atoms with Crippen LogP contribution >= 0.6 is 35.2 Å². The summed E-state index contributed by atoms with van der Waals surface area (Å²) >= 11 is 1.30. The second-order valence-corrected chi connectivity index (χ2v) is 18.1. The third-order valence-electron chi connectivity index (χ3n) is 7.62. The zero-order valence-corrected chi connectivity index (χ0v) is 32.8. The molecule has 11 N–H and O–H groups in total. The average Bonchev–Trinajstić information content (AvgIpc) is 3.63. The molecule has 1 saturated heterocycles. The van der Waals surface area contributed by atoms with Crippen molar-refractivity contribution in [3.8, 4) is 0 Å². The number of amides is 2. The molecule has 28 heteroatoms. The van der Waals surface area contributed by atoms with Crippen molar-refractivity contribution in [2.45, 2.75) is 82.5 Å². The molecular formula is C26H46N7O17P3S. The van der Waals surface area contributed by atoms with Gasteiger partial charge >= 0.3 is 23.5 Å². The first-order chi connectivity index (χ1) is 25.1. The molecule has 2 aromatic heterocycles. The molecule has 0 aliphatic carbocycles. The number of nitrogens with one attached hydrogen (secondary N) is 2. The fourth-order valence-electron chi connectivity index (χ4n) is 4.79. The van der Waals surface area contributed by atoms with E-state index in [0.717, 1.165) is 30.1 Å². The Balaban J connectivity index is 1.50. The molecule has 0 spiro atoms. The van der Waals surface area contributed by atoms with Crippen LogP contribution in [-0.2, 0) is 45.9 Å². The molecular weight excluding hydrogens is 807 g/mol. The Morgan fingerprint density at radius 2 is 1.76 bits per heavy atom. The number of unbranched alkanes of at least 4 members (excludes halogenated alkanes) is 1. The van der Waals surface area contributed by atoms with Gasteiger partial charge in [-0.15, -0.1) is 11.8 Å². The molecule has 3 rings (SSSR count). The summed E-state index contributed by atoms with van der Waals surface area (Å²) in [4.78, 5) is 75.5. The summed E-state index contributed by atoms with van der Waals surface area (Å²) in [7, 11) is -16.4. The average molecular weight is 854 g/mol. The van der Waals surface area contributed by atoms with Crippen LogP contribution in [0, 0.1) is 5.41 Å². The number of phosphoric ester groups is 3. The normalized spacial score (nSPS) is 22.7. The molecule has 0 radical (unpaired) electrons. The zero-order valence-electron chi connectivity index (χ0n) is 29.3. The Kier molecular flexibility index (Phi) is 17.0. The first kappa shape index (κ1) is 46.2. The monoisotopic (exact) mass is 853 g/mol.